The van der Waals surface area contributed by atoms with Gasteiger partial charge in [0.2, 0.25) is 11.8 Å². The van der Waals surface area contributed by atoms with Gasteiger partial charge in [-0.15, -0.1) is 0 Å². The fourth-order valence-electron chi connectivity index (χ4n) is 4.26. The summed E-state index contributed by atoms with van der Waals surface area (Å²) in [5, 5.41) is 0. The summed E-state index contributed by atoms with van der Waals surface area (Å²) < 4.78 is 16.1. The summed E-state index contributed by atoms with van der Waals surface area (Å²) in [6.07, 6.45) is 5.24. The summed E-state index contributed by atoms with van der Waals surface area (Å²) in [5.74, 6) is -0.717. The van der Waals surface area contributed by atoms with Crippen LogP contribution >= 0.6 is 0 Å². The summed E-state index contributed by atoms with van der Waals surface area (Å²) in [4.78, 5) is 29.8. The van der Waals surface area contributed by atoms with E-state index in [2.05, 4.69) is 4.57 Å². The van der Waals surface area contributed by atoms with Crippen molar-refractivity contribution >= 4 is 17.9 Å². The quantitative estimate of drug-likeness (QED) is 0.524. The first-order valence-electron chi connectivity index (χ1n) is 11.2. The van der Waals surface area contributed by atoms with Gasteiger partial charge in [0.25, 0.3) is 0 Å². The number of carbonyl (C=O) groups excluding carboxylic acids is 2. The van der Waals surface area contributed by atoms with Crippen LogP contribution in [0.2, 0.25) is 0 Å². The number of halogens is 1. The molecule has 0 saturated carbocycles. The van der Waals surface area contributed by atoms with E-state index in [-0.39, 0.29) is 30.2 Å². The summed E-state index contributed by atoms with van der Waals surface area (Å²) in [6, 6.07) is 19.3. The predicted octanol–water partition coefficient (Wildman–Crippen LogP) is 4.51. The van der Waals surface area contributed by atoms with Gasteiger partial charge in [0.1, 0.15) is 12.4 Å². The number of hydrogen-bond acceptors (Lipinski definition) is 2. The zero-order valence-electron chi connectivity index (χ0n) is 18.9. The van der Waals surface area contributed by atoms with E-state index in [1.807, 2.05) is 68.6 Å². The number of carbonyl (C=O) groups is 2. The van der Waals surface area contributed by atoms with E-state index in [9.17, 15) is 14.0 Å². The Morgan fingerprint density at radius 2 is 1.85 bits per heavy atom. The van der Waals surface area contributed by atoms with Gasteiger partial charge in [0.05, 0.1) is 6.04 Å². The average Bonchev–Trinajstić information content (AvgIpc) is 3.29. The molecule has 0 N–H and O–H groups in total. The molecule has 0 saturated heterocycles. The highest BCUT2D eigenvalue weighted by molar-refractivity contribution is 5.94. The Hall–Kier alpha value is -3.67. The lowest BCUT2D eigenvalue weighted by molar-refractivity contribution is -0.141. The average molecular weight is 446 g/mol. The van der Waals surface area contributed by atoms with Gasteiger partial charge in [-0.1, -0.05) is 42.5 Å². The van der Waals surface area contributed by atoms with E-state index in [1.54, 1.807) is 21.9 Å². The van der Waals surface area contributed by atoms with Gasteiger partial charge in [-0.05, 0) is 55.3 Å². The molecule has 1 aliphatic heterocycles. The smallest absolute Gasteiger partial charge is 0.247 e. The predicted molar refractivity (Wildman–Crippen MR) is 127 cm³/mol. The number of amides is 2. The topological polar surface area (TPSA) is 45.6 Å². The normalized spacial score (nSPS) is 15.6. The van der Waals surface area contributed by atoms with Crippen molar-refractivity contribution in [2.24, 2.45) is 0 Å². The molecule has 0 aliphatic carbocycles. The first kappa shape index (κ1) is 22.5. The van der Waals surface area contributed by atoms with Gasteiger partial charge >= 0.3 is 0 Å². The summed E-state index contributed by atoms with van der Waals surface area (Å²) >= 11 is 0. The van der Waals surface area contributed by atoms with E-state index in [4.69, 9.17) is 0 Å². The van der Waals surface area contributed by atoms with Crippen molar-refractivity contribution in [3.8, 4) is 0 Å². The number of rotatable bonds is 6. The highest BCUT2D eigenvalue weighted by atomic mass is 19.1. The van der Waals surface area contributed by atoms with Gasteiger partial charge in [-0.3, -0.25) is 9.59 Å². The number of fused-ring (bicyclic) bond motifs is 1. The lowest BCUT2D eigenvalue weighted by atomic mass is 9.99. The Morgan fingerprint density at radius 3 is 2.58 bits per heavy atom. The second kappa shape index (κ2) is 9.86. The van der Waals surface area contributed by atoms with Gasteiger partial charge in [0, 0.05) is 37.1 Å². The third kappa shape index (κ3) is 5.06. The first-order valence-corrected chi connectivity index (χ1v) is 11.2. The molecule has 6 heteroatoms. The first-order chi connectivity index (χ1) is 15.9. The van der Waals surface area contributed by atoms with Crippen LogP contribution in [0.15, 0.2) is 79.0 Å². The maximum atomic E-state index is 14.0. The third-order valence-electron chi connectivity index (χ3n) is 5.95. The molecule has 2 aromatic carbocycles. The second-order valence-electron chi connectivity index (χ2n) is 8.48. The van der Waals surface area contributed by atoms with Crippen molar-refractivity contribution in [1.82, 2.24) is 14.4 Å². The molecule has 4 rings (SSSR count). The van der Waals surface area contributed by atoms with Crippen molar-refractivity contribution in [3.63, 3.8) is 0 Å². The SMILES string of the molecule is CC(C)N(CC(=O)N1CCn2cccc2C1c1cccc(F)c1)C(=O)/C=C/c1ccccc1. The van der Waals surface area contributed by atoms with E-state index >= 15 is 0 Å². The molecule has 1 unspecified atom stereocenters. The van der Waals surface area contributed by atoms with Crippen molar-refractivity contribution in [3.05, 3.63) is 102 Å². The van der Waals surface area contributed by atoms with Gasteiger partial charge in [0.15, 0.2) is 0 Å². The summed E-state index contributed by atoms with van der Waals surface area (Å²) in [7, 11) is 0. The van der Waals surface area contributed by atoms with Gasteiger partial charge < -0.3 is 14.4 Å². The maximum absolute atomic E-state index is 14.0. The number of benzene rings is 2. The van der Waals surface area contributed by atoms with E-state index in [0.717, 1.165) is 16.8 Å². The molecule has 1 aliphatic rings. The minimum Gasteiger partial charge on any atom is -0.348 e. The summed E-state index contributed by atoms with van der Waals surface area (Å²) in [5.41, 5.74) is 2.57. The Morgan fingerprint density at radius 1 is 1.06 bits per heavy atom. The highest BCUT2D eigenvalue weighted by Gasteiger charge is 2.33. The van der Waals surface area contributed by atoms with Crippen molar-refractivity contribution < 1.29 is 14.0 Å². The molecule has 2 heterocycles. The zero-order chi connectivity index (χ0) is 23.4. The maximum Gasteiger partial charge on any atom is 0.247 e. The molecule has 2 amide bonds. The van der Waals surface area contributed by atoms with Crippen molar-refractivity contribution in [2.45, 2.75) is 32.5 Å². The second-order valence-corrected chi connectivity index (χ2v) is 8.48. The monoisotopic (exact) mass is 445 g/mol. The number of hydrogen-bond donors (Lipinski definition) is 0. The Labute approximate surface area is 193 Å². The van der Waals surface area contributed by atoms with Crippen molar-refractivity contribution in [1.29, 1.82) is 0 Å². The molecule has 0 spiro atoms. The van der Waals surface area contributed by atoms with Crippen LogP contribution in [-0.2, 0) is 16.1 Å². The van der Waals surface area contributed by atoms with Crippen LogP contribution in [0.5, 0.6) is 0 Å². The lowest BCUT2D eigenvalue weighted by Gasteiger charge is -2.39. The van der Waals surface area contributed by atoms with E-state index < -0.39 is 6.04 Å². The van der Waals surface area contributed by atoms with Crippen LogP contribution in [0, 0.1) is 5.82 Å². The highest BCUT2D eigenvalue weighted by Crippen LogP contribution is 2.33. The molecule has 170 valence electrons. The minimum atomic E-state index is -0.402. The Bertz CT molecular complexity index is 1150. The third-order valence-corrected chi connectivity index (χ3v) is 5.95. The molecule has 5 nitrogen and oxygen atoms in total. The summed E-state index contributed by atoms with van der Waals surface area (Å²) in [6.45, 7) is 4.90. The van der Waals surface area contributed by atoms with Crippen LogP contribution in [0.4, 0.5) is 4.39 Å². The van der Waals surface area contributed by atoms with E-state index in [0.29, 0.717) is 13.1 Å². The van der Waals surface area contributed by atoms with E-state index in [1.165, 1.54) is 18.2 Å². The molecule has 1 atom stereocenters. The zero-order valence-corrected chi connectivity index (χ0v) is 18.9. The Kier molecular flexibility index (Phi) is 6.73. The standard InChI is InChI=1S/C27H28FN3O2/c1-20(2)31(25(32)14-13-21-8-4-3-5-9-21)19-26(33)30-17-16-29-15-7-12-24(29)27(30)22-10-6-11-23(28)18-22/h3-15,18,20,27H,16-17,19H2,1-2H3/b14-13+. The van der Waals surface area contributed by atoms with Crippen LogP contribution in [0.3, 0.4) is 0 Å². The number of aromatic nitrogens is 1. The van der Waals surface area contributed by atoms with Crippen LogP contribution in [0.1, 0.15) is 36.7 Å². The Balaban J connectivity index is 1.57. The molecule has 0 fully saturated rings. The largest absolute Gasteiger partial charge is 0.348 e. The van der Waals surface area contributed by atoms with Crippen LogP contribution in [0.25, 0.3) is 6.08 Å². The molecule has 1 aromatic heterocycles. The molecule has 0 radical (unpaired) electrons. The fraction of sp³-hybridized carbons (Fsp3) is 0.259. The number of nitrogens with zero attached hydrogens (tertiary/aromatic N) is 3. The fourth-order valence-corrected chi connectivity index (χ4v) is 4.26. The lowest BCUT2D eigenvalue weighted by Crippen LogP contribution is -2.49. The van der Waals surface area contributed by atoms with Gasteiger partial charge in [-0.25, -0.2) is 4.39 Å². The molecule has 3 aromatic rings. The molecular formula is C27H28FN3O2. The molecule has 33 heavy (non-hydrogen) atoms. The van der Waals surface area contributed by atoms with Crippen molar-refractivity contribution in [2.75, 3.05) is 13.1 Å². The van der Waals surface area contributed by atoms with Gasteiger partial charge in [-0.2, -0.15) is 0 Å². The van der Waals surface area contributed by atoms with Crippen LogP contribution in [-0.4, -0.2) is 45.3 Å². The van der Waals surface area contributed by atoms with Crippen LogP contribution < -0.4 is 0 Å². The molecule has 0 bridgehead atoms. The molecular weight excluding hydrogens is 417 g/mol. The minimum absolute atomic E-state index is 0.0395.